The van der Waals surface area contributed by atoms with Crippen LogP contribution in [0.5, 0.6) is 0 Å². The molecule has 0 aromatic carbocycles. The van der Waals surface area contributed by atoms with Crippen molar-refractivity contribution in [3.8, 4) is 0 Å². The number of amides is 1. The summed E-state index contributed by atoms with van der Waals surface area (Å²) in [5.41, 5.74) is 4.86. The van der Waals surface area contributed by atoms with Crippen molar-refractivity contribution >= 4 is 11.6 Å². The molecule has 1 amide bonds. The van der Waals surface area contributed by atoms with Crippen molar-refractivity contribution in [2.75, 3.05) is 0 Å². The van der Waals surface area contributed by atoms with Crippen LogP contribution in [0.3, 0.4) is 0 Å². The fraction of sp³-hybridized carbons (Fsp3) is 0.353. The van der Waals surface area contributed by atoms with Crippen LogP contribution in [-0.4, -0.2) is 20.5 Å². The lowest BCUT2D eigenvalue weighted by atomic mass is 10.1. The number of aromatic nitrogens is 3. The van der Waals surface area contributed by atoms with Gasteiger partial charge in [-0.05, 0) is 44.9 Å². The summed E-state index contributed by atoms with van der Waals surface area (Å²) in [6.07, 6.45) is 2.65. The van der Waals surface area contributed by atoms with Gasteiger partial charge in [0.05, 0.1) is 18.5 Å². The fourth-order valence-corrected chi connectivity index (χ4v) is 2.73. The van der Waals surface area contributed by atoms with E-state index in [0.29, 0.717) is 19.4 Å². The van der Waals surface area contributed by atoms with Gasteiger partial charge in [0.1, 0.15) is 5.76 Å². The smallest absolute Gasteiger partial charge is 0.220 e. The first-order valence-corrected chi connectivity index (χ1v) is 7.66. The summed E-state index contributed by atoms with van der Waals surface area (Å²) in [6, 6.07) is 5.60. The van der Waals surface area contributed by atoms with Crippen LogP contribution in [0, 0.1) is 20.8 Å². The van der Waals surface area contributed by atoms with E-state index in [1.54, 1.807) is 12.3 Å². The molecule has 3 heterocycles. The molecule has 0 aliphatic heterocycles. The maximum atomic E-state index is 12.0. The molecule has 0 aliphatic carbocycles. The Morgan fingerprint density at radius 1 is 1.35 bits per heavy atom. The van der Waals surface area contributed by atoms with Crippen LogP contribution >= 0.6 is 0 Å². The van der Waals surface area contributed by atoms with Crippen molar-refractivity contribution < 1.29 is 9.21 Å². The normalized spacial score (nSPS) is 11.1. The van der Waals surface area contributed by atoms with Gasteiger partial charge in [-0.25, -0.2) is 9.50 Å². The maximum absolute atomic E-state index is 12.0. The Labute approximate surface area is 134 Å². The Morgan fingerprint density at radius 2 is 2.17 bits per heavy atom. The van der Waals surface area contributed by atoms with Crippen LogP contribution in [0.15, 0.2) is 28.9 Å². The molecule has 6 heteroatoms. The van der Waals surface area contributed by atoms with Crippen molar-refractivity contribution in [2.24, 2.45) is 0 Å². The summed E-state index contributed by atoms with van der Waals surface area (Å²) in [6.45, 7) is 6.36. The van der Waals surface area contributed by atoms with E-state index in [9.17, 15) is 4.79 Å². The lowest BCUT2D eigenvalue weighted by molar-refractivity contribution is -0.121. The van der Waals surface area contributed by atoms with E-state index in [-0.39, 0.29) is 5.91 Å². The SMILES string of the molecule is Cc1cc2nc(C)c(CCC(=O)NCc3ccco3)c(C)n2n1. The van der Waals surface area contributed by atoms with Crippen LogP contribution in [0.25, 0.3) is 5.65 Å². The number of nitrogens with zero attached hydrogens (tertiary/aromatic N) is 3. The van der Waals surface area contributed by atoms with E-state index in [2.05, 4.69) is 15.4 Å². The summed E-state index contributed by atoms with van der Waals surface area (Å²) in [7, 11) is 0. The number of nitrogens with one attached hydrogen (secondary N) is 1. The first kappa shape index (κ1) is 15.3. The molecule has 6 nitrogen and oxygen atoms in total. The van der Waals surface area contributed by atoms with Gasteiger partial charge >= 0.3 is 0 Å². The van der Waals surface area contributed by atoms with Crippen LogP contribution in [0.2, 0.25) is 0 Å². The average molecular weight is 312 g/mol. The highest BCUT2D eigenvalue weighted by molar-refractivity contribution is 5.76. The monoisotopic (exact) mass is 312 g/mol. The van der Waals surface area contributed by atoms with E-state index < -0.39 is 0 Å². The zero-order chi connectivity index (χ0) is 16.4. The van der Waals surface area contributed by atoms with Crippen LogP contribution in [0.1, 0.15) is 34.8 Å². The van der Waals surface area contributed by atoms with Crippen LogP contribution in [-0.2, 0) is 17.8 Å². The van der Waals surface area contributed by atoms with Crippen LogP contribution < -0.4 is 5.32 Å². The van der Waals surface area contributed by atoms with Gasteiger partial charge in [-0.15, -0.1) is 0 Å². The summed E-state index contributed by atoms with van der Waals surface area (Å²) in [5, 5.41) is 7.31. The largest absolute Gasteiger partial charge is 0.467 e. The van der Waals surface area contributed by atoms with E-state index in [0.717, 1.165) is 34.1 Å². The predicted molar refractivity (Wildman–Crippen MR) is 86.1 cm³/mol. The highest BCUT2D eigenvalue weighted by Crippen LogP contribution is 2.17. The van der Waals surface area contributed by atoms with Gasteiger partial charge in [0, 0.05) is 23.9 Å². The topological polar surface area (TPSA) is 72.4 Å². The quantitative estimate of drug-likeness (QED) is 0.785. The zero-order valence-electron chi connectivity index (χ0n) is 13.6. The minimum Gasteiger partial charge on any atom is -0.467 e. The number of carbonyl (C=O) groups is 1. The predicted octanol–water partition coefficient (Wildman–Crippen LogP) is 2.50. The van der Waals surface area contributed by atoms with Gasteiger partial charge in [0.15, 0.2) is 5.65 Å². The number of fused-ring (bicyclic) bond motifs is 1. The molecule has 3 rings (SSSR count). The van der Waals surface area contributed by atoms with Crippen molar-refractivity contribution in [3.63, 3.8) is 0 Å². The summed E-state index contributed by atoms with van der Waals surface area (Å²) >= 11 is 0. The highest BCUT2D eigenvalue weighted by atomic mass is 16.3. The van der Waals surface area contributed by atoms with E-state index in [1.165, 1.54) is 0 Å². The molecule has 0 saturated carbocycles. The molecule has 120 valence electrons. The number of hydrogen-bond acceptors (Lipinski definition) is 4. The molecule has 1 N–H and O–H groups in total. The molecule has 3 aromatic heterocycles. The van der Waals surface area contributed by atoms with Crippen LogP contribution in [0.4, 0.5) is 0 Å². The minimum atomic E-state index is -0.00283. The second kappa shape index (κ2) is 6.24. The summed E-state index contributed by atoms with van der Waals surface area (Å²) < 4.78 is 7.04. The molecule has 0 saturated heterocycles. The third kappa shape index (κ3) is 3.26. The second-order valence-electron chi connectivity index (χ2n) is 5.67. The van der Waals surface area contributed by atoms with Gasteiger partial charge in [0.25, 0.3) is 0 Å². The molecule has 0 aliphatic rings. The Morgan fingerprint density at radius 3 is 2.91 bits per heavy atom. The first-order valence-electron chi connectivity index (χ1n) is 7.66. The molecule has 0 unspecified atom stereocenters. The van der Waals surface area contributed by atoms with Gasteiger partial charge in [0.2, 0.25) is 5.91 Å². The average Bonchev–Trinajstić information content (AvgIpc) is 3.14. The van der Waals surface area contributed by atoms with Crippen molar-refractivity contribution in [3.05, 3.63) is 52.9 Å². The van der Waals surface area contributed by atoms with E-state index in [1.807, 2.05) is 37.4 Å². The molecule has 0 spiro atoms. The number of aryl methyl sites for hydroxylation is 3. The Kier molecular flexibility index (Phi) is 4.14. The fourth-order valence-electron chi connectivity index (χ4n) is 2.73. The van der Waals surface area contributed by atoms with Crippen molar-refractivity contribution in [1.82, 2.24) is 19.9 Å². The molecule has 23 heavy (non-hydrogen) atoms. The molecule has 0 fully saturated rings. The molecule has 3 aromatic rings. The minimum absolute atomic E-state index is 0.00283. The Hall–Kier alpha value is -2.63. The molecule has 0 bridgehead atoms. The summed E-state index contributed by atoms with van der Waals surface area (Å²) in [5.74, 6) is 0.748. The lowest BCUT2D eigenvalue weighted by Gasteiger charge is -2.11. The third-order valence-corrected chi connectivity index (χ3v) is 3.93. The number of rotatable bonds is 5. The van der Waals surface area contributed by atoms with Gasteiger partial charge in [-0.3, -0.25) is 4.79 Å². The molecular weight excluding hydrogens is 292 g/mol. The Bertz CT molecular complexity index is 834. The van der Waals surface area contributed by atoms with Crippen molar-refractivity contribution in [1.29, 1.82) is 0 Å². The van der Waals surface area contributed by atoms with Gasteiger partial charge in [-0.1, -0.05) is 0 Å². The highest BCUT2D eigenvalue weighted by Gasteiger charge is 2.12. The zero-order valence-corrected chi connectivity index (χ0v) is 13.6. The molecule has 0 radical (unpaired) electrons. The van der Waals surface area contributed by atoms with E-state index in [4.69, 9.17) is 4.42 Å². The molecule has 0 atom stereocenters. The number of hydrogen-bond donors (Lipinski definition) is 1. The third-order valence-electron chi connectivity index (χ3n) is 3.93. The van der Waals surface area contributed by atoms with Gasteiger partial charge < -0.3 is 9.73 Å². The van der Waals surface area contributed by atoms with E-state index >= 15 is 0 Å². The standard InChI is InChI=1S/C17H20N4O2/c1-11-9-16-19-12(2)15(13(3)21(16)20-11)6-7-17(22)18-10-14-5-4-8-23-14/h4-5,8-9H,6-7,10H2,1-3H3,(H,18,22). The number of carbonyl (C=O) groups excluding carboxylic acids is 1. The van der Waals surface area contributed by atoms with Gasteiger partial charge in [-0.2, -0.15) is 5.10 Å². The first-order chi connectivity index (χ1) is 11.0. The second-order valence-corrected chi connectivity index (χ2v) is 5.67. The lowest BCUT2D eigenvalue weighted by Crippen LogP contribution is -2.23. The molecular formula is C17H20N4O2. The summed E-state index contributed by atoms with van der Waals surface area (Å²) in [4.78, 5) is 16.6. The maximum Gasteiger partial charge on any atom is 0.220 e. The Balaban J connectivity index is 1.67. The number of furan rings is 1. The van der Waals surface area contributed by atoms with Crippen molar-refractivity contribution in [2.45, 2.75) is 40.2 Å².